The van der Waals surface area contributed by atoms with Crippen molar-refractivity contribution in [1.82, 2.24) is 10.6 Å². The van der Waals surface area contributed by atoms with E-state index in [1.165, 1.54) is 0 Å². The smallest absolute Gasteiger partial charge is 0.326 e. The lowest BCUT2D eigenvalue weighted by molar-refractivity contribution is -0.143. The minimum Gasteiger partial charge on any atom is -0.480 e. The summed E-state index contributed by atoms with van der Waals surface area (Å²) >= 11 is 0. The molecule has 0 saturated carbocycles. The third-order valence-corrected chi connectivity index (χ3v) is 2.61. The zero-order chi connectivity index (χ0) is 11.4. The van der Waals surface area contributed by atoms with Crippen LogP contribution in [0.1, 0.15) is 26.7 Å². The molecule has 1 unspecified atom stereocenters. The minimum atomic E-state index is -0.976. The van der Waals surface area contributed by atoms with E-state index in [-0.39, 0.29) is 17.9 Å². The molecule has 3 N–H and O–H groups in total. The van der Waals surface area contributed by atoms with E-state index in [4.69, 9.17) is 5.11 Å². The summed E-state index contributed by atoms with van der Waals surface area (Å²) < 4.78 is 0. The number of amides is 1. The monoisotopic (exact) mass is 214 g/mol. The van der Waals surface area contributed by atoms with Crippen LogP contribution in [0.2, 0.25) is 0 Å². The van der Waals surface area contributed by atoms with Crippen molar-refractivity contribution in [2.24, 2.45) is 5.92 Å². The fourth-order valence-corrected chi connectivity index (χ4v) is 1.68. The molecule has 5 heteroatoms. The number of nitrogens with one attached hydrogen (secondary N) is 2. The number of rotatable bonds is 4. The molecular weight excluding hydrogens is 196 g/mol. The second-order valence-electron chi connectivity index (χ2n) is 4.22. The van der Waals surface area contributed by atoms with E-state index in [1.54, 1.807) is 13.8 Å². The minimum absolute atomic E-state index is 0.104. The maximum atomic E-state index is 11.6. The normalized spacial score (nSPS) is 22.7. The van der Waals surface area contributed by atoms with Crippen molar-refractivity contribution in [3.05, 3.63) is 0 Å². The second kappa shape index (κ2) is 5.11. The number of carboxylic acids is 1. The third-order valence-electron chi connectivity index (χ3n) is 2.61. The third kappa shape index (κ3) is 3.20. The van der Waals surface area contributed by atoms with E-state index < -0.39 is 12.0 Å². The summed E-state index contributed by atoms with van der Waals surface area (Å²) in [4.78, 5) is 22.5. The van der Waals surface area contributed by atoms with Crippen LogP contribution < -0.4 is 10.6 Å². The molecule has 86 valence electrons. The van der Waals surface area contributed by atoms with Gasteiger partial charge >= 0.3 is 5.97 Å². The van der Waals surface area contributed by atoms with Crippen LogP contribution in [0.5, 0.6) is 0 Å². The average Bonchev–Trinajstić information content (AvgIpc) is 2.65. The Morgan fingerprint density at radius 1 is 1.47 bits per heavy atom. The van der Waals surface area contributed by atoms with Crippen molar-refractivity contribution in [3.8, 4) is 0 Å². The topological polar surface area (TPSA) is 78.4 Å². The van der Waals surface area contributed by atoms with E-state index in [9.17, 15) is 9.59 Å². The van der Waals surface area contributed by atoms with Crippen LogP contribution in [0.4, 0.5) is 0 Å². The molecule has 5 nitrogen and oxygen atoms in total. The number of hydrogen-bond donors (Lipinski definition) is 3. The van der Waals surface area contributed by atoms with Gasteiger partial charge in [-0.1, -0.05) is 13.8 Å². The lowest BCUT2D eigenvalue weighted by Gasteiger charge is -2.20. The molecule has 0 aromatic carbocycles. The zero-order valence-corrected chi connectivity index (χ0v) is 9.12. The van der Waals surface area contributed by atoms with E-state index in [2.05, 4.69) is 10.6 Å². The van der Waals surface area contributed by atoms with Gasteiger partial charge in [0.15, 0.2) is 0 Å². The fraction of sp³-hybridized carbons (Fsp3) is 0.800. The molecule has 15 heavy (non-hydrogen) atoms. The van der Waals surface area contributed by atoms with Crippen LogP contribution in [0, 0.1) is 5.92 Å². The molecule has 0 aromatic heterocycles. The summed E-state index contributed by atoms with van der Waals surface area (Å²) in [7, 11) is 0. The maximum Gasteiger partial charge on any atom is 0.326 e. The first-order chi connectivity index (χ1) is 7.02. The van der Waals surface area contributed by atoms with Crippen molar-refractivity contribution in [2.75, 3.05) is 6.54 Å². The van der Waals surface area contributed by atoms with Gasteiger partial charge < -0.3 is 15.7 Å². The molecule has 1 aliphatic rings. The fourth-order valence-electron chi connectivity index (χ4n) is 1.68. The number of hydrogen-bond acceptors (Lipinski definition) is 3. The highest BCUT2D eigenvalue weighted by atomic mass is 16.4. The lowest BCUT2D eigenvalue weighted by Crippen LogP contribution is -2.50. The predicted molar refractivity (Wildman–Crippen MR) is 55.4 cm³/mol. The molecule has 2 atom stereocenters. The molecular formula is C10H18N2O3. The lowest BCUT2D eigenvalue weighted by atomic mass is 10.0. The maximum absolute atomic E-state index is 11.6. The highest BCUT2D eigenvalue weighted by Gasteiger charge is 2.28. The van der Waals surface area contributed by atoms with Crippen LogP contribution in [0.25, 0.3) is 0 Å². The molecule has 1 saturated heterocycles. The van der Waals surface area contributed by atoms with Crippen LogP contribution in [0.3, 0.4) is 0 Å². The Morgan fingerprint density at radius 3 is 2.53 bits per heavy atom. The quantitative estimate of drug-likeness (QED) is 0.614. The summed E-state index contributed by atoms with van der Waals surface area (Å²) in [5, 5.41) is 14.5. The number of carbonyl (C=O) groups is 2. The van der Waals surface area contributed by atoms with E-state index in [0.717, 1.165) is 19.4 Å². The summed E-state index contributed by atoms with van der Waals surface area (Å²) in [6, 6.07) is -1.01. The van der Waals surface area contributed by atoms with E-state index in [0.29, 0.717) is 0 Å². The molecule has 0 aromatic rings. The Hall–Kier alpha value is -1.10. The average molecular weight is 214 g/mol. The van der Waals surface area contributed by atoms with Gasteiger partial charge in [-0.25, -0.2) is 4.79 Å². The Bertz CT molecular complexity index is 247. The highest BCUT2D eigenvalue weighted by Crippen LogP contribution is 2.07. The Kier molecular flexibility index (Phi) is 4.08. The molecule has 0 spiro atoms. The van der Waals surface area contributed by atoms with Crippen molar-refractivity contribution in [3.63, 3.8) is 0 Å². The largest absolute Gasteiger partial charge is 0.480 e. The van der Waals surface area contributed by atoms with Gasteiger partial charge in [0.25, 0.3) is 0 Å². The van der Waals surface area contributed by atoms with Crippen molar-refractivity contribution in [1.29, 1.82) is 0 Å². The molecule has 0 bridgehead atoms. The standard InChI is InChI=1S/C10H18N2O3/c1-6(2)8(10(14)15)12-9(13)7-4-3-5-11-7/h6-8,11H,3-5H2,1-2H3,(H,12,13)(H,14,15)/t7?,8-/m0/s1. The second-order valence-corrected chi connectivity index (χ2v) is 4.22. The first-order valence-electron chi connectivity index (χ1n) is 5.29. The van der Waals surface area contributed by atoms with Crippen LogP contribution in [-0.4, -0.2) is 35.6 Å². The molecule has 0 radical (unpaired) electrons. The zero-order valence-electron chi connectivity index (χ0n) is 9.12. The SMILES string of the molecule is CC(C)[C@H](NC(=O)C1CCCN1)C(=O)O. The Balaban J connectivity index is 2.50. The van der Waals surface area contributed by atoms with Gasteiger partial charge in [-0.2, -0.15) is 0 Å². The van der Waals surface area contributed by atoms with Gasteiger partial charge in [0, 0.05) is 0 Å². The molecule has 1 fully saturated rings. The Morgan fingerprint density at radius 2 is 2.13 bits per heavy atom. The number of carbonyl (C=O) groups excluding carboxylic acids is 1. The highest BCUT2D eigenvalue weighted by molar-refractivity contribution is 5.87. The van der Waals surface area contributed by atoms with Gasteiger partial charge in [0.05, 0.1) is 6.04 Å². The number of aliphatic carboxylic acids is 1. The first-order valence-corrected chi connectivity index (χ1v) is 5.29. The van der Waals surface area contributed by atoms with E-state index >= 15 is 0 Å². The van der Waals surface area contributed by atoms with Crippen molar-refractivity contribution in [2.45, 2.75) is 38.8 Å². The van der Waals surface area contributed by atoms with Gasteiger partial charge in [-0.05, 0) is 25.3 Å². The molecule has 1 rings (SSSR count). The predicted octanol–water partition coefficient (Wildman–Crippen LogP) is -0.0362. The van der Waals surface area contributed by atoms with Gasteiger partial charge in [-0.15, -0.1) is 0 Å². The molecule has 1 amide bonds. The first kappa shape index (κ1) is 12.0. The summed E-state index contributed by atoms with van der Waals surface area (Å²) in [6.45, 7) is 4.39. The van der Waals surface area contributed by atoms with Crippen molar-refractivity contribution < 1.29 is 14.7 Å². The summed E-state index contributed by atoms with van der Waals surface area (Å²) in [6.07, 6.45) is 1.76. The number of carboxylic acid groups (broad SMARTS) is 1. The van der Waals surface area contributed by atoms with Gasteiger partial charge in [-0.3, -0.25) is 4.79 Å². The van der Waals surface area contributed by atoms with Crippen molar-refractivity contribution >= 4 is 11.9 Å². The van der Waals surface area contributed by atoms with Crippen LogP contribution in [-0.2, 0) is 9.59 Å². The van der Waals surface area contributed by atoms with Gasteiger partial charge in [0.1, 0.15) is 6.04 Å². The van der Waals surface area contributed by atoms with Gasteiger partial charge in [0.2, 0.25) is 5.91 Å². The molecule has 0 aliphatic carbocycles. The Labute approximate surface area is 89.2 Å². The molecule has 1 heterocycles. The van der Waals surface area contributed by atoms with E-state index in [1.807, 2.05) is 0 Å². The molecule has 1 aliphatic heterocycles. The van der Waals surface area contributed by atoms with Crippen LogP contribution >= 0.6 is 0 Å². The van der Waals surface area contributed by atoms with Crippen LogP contribution in [0.15, 0.2) is 0 Å². The summed E-state index contributed by atoms with van der Waals surface area (Å²) in [5.41, 5.74) is 0. The summed E-state index contributed by atoms with van der Waals surface area (Å²) in [5.74, 6) is -1.28.